The van der Waals surface area contributed by atoms with Crippen LogP contribution in [0.25, 0.3) is 0 Å². The fraction of sp³-hybridized carbons (Fsp3) is 0.667. The molecule has 0 heterocycles. The zero-order valence-electron chi connectivity index (χ0n) is 5.66. The third-order valence-corrected chi connectivity index (χ3v) is 0.514. The average Bonchev–Trinajstić information content (AvgIpc) is 1.65. The zero-order chi connectivity index (χ0) is 5.86. The molecule has 0 saturated carbocycles. The first-order valence-electron chi connectivity index (χ1n) is 1.77. The molecule has 4 nitrogen and oxygen atoms in total. The maximum atomic E-state index is 9.65. The van der Waals surface area contributed by atoms with Gasteiger partial charge in [0, 0.05) is 0 Å². The summed E-state index contributed by atoms with van der Waals surface area (Å²) >= 11 is 0. The maximum absolute atomic E-state index is 9.65. The summed E-state index contributed by atoms with van der Waals surface area (Å²) in [4.78, 5) is 9.65. The van der Waals surface area contributed by atoms with Crippen molar-refractivity contribution in [2.45, 2.75) is 6.04 Å². The van der Waals surface area contributed by atoms with Gasteiger partial charge >= 0.3 is 57.4 Å². The molecule has 0 aromatic carbocycles. The molecule has 0 aromatic rings. The molecule has 0 aliphatic carbocycles. The van der Waals surface area contributed by atoms with E-state index >= 15 is 0 Å². The number of nitrogens with two attached hydrogens (primary N) is 1. The van der Waals surface area contributed by atoms with Crippen molar-refractivity contribution in [3.8, 4) is 0 Å². The minimum atomic E-state index is -1.18. The SMILES string of the molecule is NC(CO)C(=O)O.[H-].[K+]. The van der Waals surface area contributed by atoms with Gasteiger partial charge in [-0.1, -0.05) is 0 Å². The van der Waals surface area contributed by atoms with Gasteiger partial charge in [0.2, 0.25) is 0 Å². The molecule has 5 heteroatoms. The van der Waals surface area contributed by atoms with Crippen molar-refractivity contribution in [1.82, 2.24) is 0 Å². The number of carbonyl (C=O) groups is 1. The van der Waals surface area contributed by atoms with Gasteiger partial charge in [0.15, 0.2) is 0 Å². The molecule has 8 heavy (non-hydrogen) atoms. The van der Waals surface area contributed by atoms with E-state index in [1.54, 1.807) is 0 Å². The van der Waals surface area contributed by atoms with E-state index in [4.69, 9.17) is 15.9 Å². The summed E-state index contributed by atoms with van der Waals surface area (Å²) in [7, 11) is 0. The van der Waals surface area contributed by atoms with Crippen LogP contribution >= 0.6 is 0 Å². The first-order valence-corrected chi connectivity index (χ1v) is 1.77. The molecule has 0 bridgehead atoms. The standard InChI is InChI=1S/C3H7NO3.K.H/c4-2(1-5)3(6)7;;/h2,5H,1,4H2,(H,6,7);;/q;+1;-1. The quantitative estimate of drug-likeness (QED) is 0.342. The molecule has 1 unspecified atom stereocenters. The van der Waals surface area contributed by atoms with Gasteiger partial charge in [0.1, 0.15) is 6.04 Å². The summed E-state index contributed by atoms with van der Waals surface area (Å²) in [6, 6.07) is -1.13. The van der Waals surface area contributed by atoms with Crippen LogP contribution in [0.3, 0.4) is 0 Å². The number of hydrogen-bond donors (Lipinski definition) is 3. The van der Waals surface area contributed by atoms with Gasteiger partial charge in [0.25, 0.3) is 0 Å². The first-order chi connectivity index (χ1) is 3.18. The Balaban J connectivity index is -0.000000180. The van der Waals surface area contributed by atoms with Crippen LogP contribution < -0.4 is 57.1 Å². The van der Waals surface area contributed by atoms with Crippen molar-refractivity contribution >= 4 is 5.97 Å². The third kappa shape index (κ3) is 5.17. The monoisotopic (exact) mass is 145 g/mol. The Bertz CT molecular complexity index is 81.5. The van der Waals surface area contributed by atoms with E-state index in [-0.39, 0.29) is 52.8 Å². The Hall–Kier alpha value is 1.03. The predicted molar refractivity (Wildman–Crippen MR) is 23.8 cm³/mol. The van der Waals surface area contributed by atoms with Crippen LogP contribution in [0.1, 0.15) is 1.43 Å². The molecule has 0 rings (SSSR count). The second-order valence-corrected chi connectivity index (χ2v) is 1.13. The van der Waals surface area contributed by atoms with Crippen LogP contribution in [0, 0.1) is 0 Å². The Morgan fingerprint density at radius 1 is 1.88 bits per heavy atom. The molecular weight excluding hydrogens is 137 g/mol. The van der Waals surface area contributed by atoms with Gasteiger partial charge in [-0.15, -0.1) is 0 Å². The Kier molecular flexibility index (Phi) is 9.06. The number of hydrogen-bond acceptors (Lipinski definition) is 3. The molecule has 44 valence electrons. The molecule has 0 spiro atoms. The number of carboxylic acids is 1. The van der Waals surface area contributed by atoms with Crippen LogP contribution in [0.15, 0.2) is 0 Å². The van der Waals surface area contributed by atoms with Crippen LogP contribution in [0.4, 0.5) is 0 Å². The number of aliphatic carboxylic acids is 1. The van der Waals surface area contributed by atoms with Crippen LogP contribution in [-0.2, 0) is 4.79 Å². The minimum Gasteiger partial charge on any atom is -1.00 e. The topological polar surface area (TPSA) is 83.5 Å². The zero-order valence-corrected chi connectivity index (χ0v) is 7.79. The molecular formula is C3H8KNO3. The Morgan fingerprint density at radius 2 is 2.25 bits per heavy atom. The van der Waals surface area contributed by atoms with Crippen molar-refractivity contribution < 1.29 is 67.8 Å². The molecule has 0 fully saturated rings. The molecule has 0 radical (unpaired) electrons. The molecule has 0 aromatic heterocycles. The fourth-order valence-corrected chi connectivity index (χ4v) is 0.0781. The summed E-state index contributed by atoms with van der Waals surface area (Å²) in [6.45, 7) is -0.505. The van der Waals surface area contributed by atoms with Gasteiger partial charge in [0.05, 0.1) is 6.61 Å². The summed E-state index contributed by atoms with van der Waals surface area (Å²) in [5.74, 6) is -1.18. The van der Waals surface area contributed by atoms with Crippen LogP contribution in [0.5, 0.6) is 0 Å². The number of aliphatic hydroxyl groups is 1. The first kappa shape index (κ1) is 11.8. The summed E-state index contributed by atoms with van der Waals surface area (Å²) in [5, 5.41) is 15.9. The van der Waals surface area contributed by atoms with Gasteiger partial charge < -0.3 is 17.4 Å². The van der Waals surface area contributed by atoms with Gasteiger partial charge in [-0.05, 0) is 0 Å². The van der Waals surface area contributed by atoms with E-state index in [0.717, 1.165) is 0 Å². The van der Waals surface area contributed by atoms with Crippen molar-refractivity contribution in [1.29, 1.82) is 0 Å². The largest absolute Gasteiger partial charge is 1.00 e. The summed E-state index contributed by atoms with van der Waals surface area (Å²) < 4.78 is 0. The molecule has 4 N–H and O–H groups in total. The van der Waals surface area contributed by atoms with E-state index in [1.165, 1.54) is 0 Å². The normalized spacial score (nSPS) is 11.8. The molecule has 1 atom stereocenters. The van der Waals surface area contributed by atoms with Crippen LogP contribution in [-0.4, -0.2) is 28.8 Å². The molecule has 0 amide bonds. The van der Waals surface area contributed by atoms with Crippen molar-refractivity contribution in [2.75, 3.05) is 6.61 Å². The van der Waals surface area contributed by atoms with Crippen molar-refractivity contribution in [3.05, 3.63) is 0 Å². The minimum absolute atomic E-state index is 0. The van der Waals surface area contributed by atoms with E-state index < -0.39 is 18.6 Å². The smallest absolute Gasteiger partial charge is 1.00 e. The predicted octanol–water partition coefficient (Wildman–Crippen LogP) is -4.49. The second-order valence-electron chi connectivity index (χ2n) is 1.13. The van der Waals surface area contributed by atoms with E-state index in [9.17, 15) is 4.79 Å². The van der Waals surface area contributed by atoms with Crippen molar-refractivity contribution in [3.63, 3.8) is 0 Å². The molecule has 0 aliphatic heterocycles. The Morgan fingerprint density at radius 3 is 2.25 bits per heavy atom. The van der Waals surface area contributed by atoms with Gasteiger partial charge in [-0.25, -0.2) is 0 Å². The maximum Gasteiger partial charge on any atom is 1.00 e. The van der Waals surface area contributed by atoms with E-state index in [2.05, 4.69) is 0 Å². The third-order valence-electron chi connectivity index (χ3n) is 0.514. The van der Waals surface area contributed by atoms with Gasteiger partial charge in [-0.3, -0.25) is 4.79 Å². The molecule has 0 saturated heterocycles. The van der Waals surface area contributed by atoms with E-state index in [1.807, 2.05) is 0 Å². The fourth-order valence-electron chi connectivity index (χ4n) is 0.0781. The van der Waals surface area contributed by atoms with Crippen molar-refractivity contribution in [2.24, 2.45) is 5.73 Å². The van der Waals surface area contributed by atoms with E-state index in [0.29, 0.717) is 0 Å². The number of aliphatic hydroxyl groups excluding tert-OH is 1. The second kappa shape index (κ2) is 6.15. The number of carboxylic acid groups (broad SMARTS) is 1. The summed E-state index contributed by atoms with van der Waals surface area (Å²) in [6.07, 6.45) is 0. The Labute approximate surface area is 91.0 Å². The summed E-state index contributed by atoms with van der Waals surface area (Å²) in [5.41, 5.74) is 4.77. The number of rotatable bonds is 2. The van der Waals surface area contributed by atoms with Gasteiger partial charge in [-0.2, -0.15) is 0 Å². The molecule has 0 aliphatic rings. The average molecular weight is 145 g/mol. The van der Waals surface area contributed by atoms with Crippen LogP contribution in [0.2, 0.25) is 0 Å².